The van der Waals surface area contributed by atoms with Crippen LogP contribution < -0.4 is 5.32 Å². The van der Waals surface area contributed by atoms with Crippen LogP contribution in [0.1, 0.15) is 20.4 Å². The molecule has 0 saturated carbocycles. The standard InChI is InChI=1S/C12H11BrN2OS/c1-7-11(14-8(2)17-7)12(16)15-10-6-4-3-5-9(10)13/h3-6H,1-2H3,(H,15,16). The molecule has 0 aliphatic carbocycles. The average Bonchev–Trinajstić information content (AvgIpc) is 2.61. The highest BCUT2D eigenvalue weighted by Crippen LogP contribution is 2.23. The van der Waals surface area contributed by atoms with Crippen LogP contribution in [-0.2, 0) is 0 Å². The van der Waals surface area contributed by atoms with Crippen molar-refractivity contribution >= 4 is 38.9 Å². The predicted octanol–water partition coefficient (Wildman–Crippen LogP) is 3.77. The summed E-state index contributed by atoms with van der Waals surface area (Å²) in [6, 6.07) is 7.50. The molecular formula is C12H11BrN2OS. The Kier molecular flexibility index (Phi) is 3.59. The van der Waals surface area contributed by atoms with Crippen LogP contribution in [0.2, 0.25) is 0 Å². The smallest absolute Gasteiger partial charge is 0.275 e. The molecule has 5 heteroatoms. The van der Waals surface area contributed by atoms with Crippen LogP contribution in [0.3, 0.4) is 0 Å². The van der Waals surface area contributed by atoms with Crippen LogP contribution in [-0.4, -0.2) is 10.9 Å². The summed E-state index contributed by atoms with van der Waals surface area (Å²) in [4.78, 5) is 17.2. The molecule has 0 fully saturated rings. The van der Waals surface area contributed by atoms with E-state index in [4.69, 9.17) is 0 Å². The average molecular weight is 311 g/mol. The molecule has 2 aromatic rings. The van der Waals surface area contributed by atoms with Gasteiger partial charge in [0, 0.05) is 9.35 Å². The van der Waals surface area contributed by atoms with Crippen LogP contribution in [0, 0.1) is 13.8 Å². The number of nitrogens with zero attached hydrogens (tertiary/aromatic N) is 1. The first-order chi connectivity index (χ1) is 8.08. The molecular weight excluding hydrogens is 300 g/mol. The van der Waals surface area contributed by atoms with E-state index in [0.29, 0.717) is 5.69 Å². The summed E-state index contributed by atoms with van der Waals surface area (Å²) in [7, 11) is 0. The van der Waals surface area contributed by atoms with E-state index < -0.39 is 0 Å². The summed E-state index contributed by atoms with van der Waals surface area (Å²) in [6.45, 7) is 3.80. The predicted molar refractivity (Wildman–Crippen MR) is 73.7 cm³/mol. The molecule has 3 nitrogen and oxygen atoms in total. The van der Waals surface area contributed by atoms with Gasteiger partial charge in [-0.05, 0) is 41.9 Å². The Labute approximate surface area is 112 Å². The van der Waals surface area contributed by atoms with Gasteiger partial charge in [0.25, 0.3) is 5.91 Å². The van der Waals surface area contributed by atoms with Crippen LogP contribution in [0.15, 0.2) is 28.7 Å². The molecule has 0 aliphatic rings. The van der Waals surface area contributed by atoms with Gasteiger partial charge in [-0.2, -0.15) is 0 Å². The number of para-hydroxylation sites is 1. The number of benzene rings is 1. The fourth-order valence-electron chi connectivity index (χ4n) is 1.48. The van der Waals surface area contributed by atoms with Crippen molar-refractivity contribution in [3.05, 3.63) is 44.3 Å². The van der Waals surface area contributed by atoms with Gasteiger partial charge in [-0.1, -0.05) is 12.1 Å². The minimum atomic E-state index is -0.168. The Morgan fingerprint density at radius 3 is 2.65 bits per heavy atom. The van der Waals surface area contributed by atoms with E-state index >= 15 is 0 Å². The summed E-state index contributed by atoms with van der Waals surface area (Å²) >= 11 is 4.92. The van der Waals surface area contributed by atoms with Crippen LogP contribution >= 0.6 is 27.3 Å². The highest BCUT2D eigenvalue weighted by Gasteiger charge is 2.14. The quantitative estimate of drug-likeness (QED) is 0.917. The molecule has 0 atom stereocenters. The molecule has 0 bridgehead atoms. The topological polar surface area (TPSA) is 42.0 Å². The number of thiazole rings is 1. The SMILES string of the molecule is Cc1nc(C(=O)Nc2ccccc2Br)c(C)s1. The molecule has 2 rings (SSSR count). The molecule has 0 aliphatic heterocycles. The number of amides is 1. The van der Waals surface area contributed by atoms with E-state index in [-0.39, 0.29) is 5.91 Å². The lowest BCUT2D eigenvalue weighted by Crippen LogP contribution is -2.13. The Bertz CT molecular complexity index is 565. The molecule has 1 N–H and O–H groups in total. The lowest BCUT2D eigenvalue weighted by molar-refractivity contribution is 0.102. The van der Waals surface area contributed by atoms with Gasteiger partial charge in [0.2, 0.25) is 0 Å². The van der Waals surface area contributed by atoms with Crippen molar-refractivity contribution in [1.29, 1.82) is 0 Å². The van der Waals surface area contributed by atoms with E-state index in [2.05, 4.69) is 26.2 Å². The van der Waals surface area contributed by atoms with Gasteiger partial charge in [-0.25, -0.2) is 4.98 Å². The van der Waals surface area contributed by atoms with Crippen molar-refractivity contribution in [2.75, 3.05) is 5.32 Å². The van der Waals surface area contributed by atoms with E-state index in [1.807, 2.05) is 38.1 Å². The number of carbonyl (C=O) groups is 1. The zero-order chi connectivity index (χ0) is 12.4. The lowest BCUT2D eigenvalue weighted by atomic mass is 10.3. The van der Waals surface area contributed by atoms with Gasteiger partial charge in [0.05, 0.1) is 10.7 Å². The number of nitrogens with one attached hydrogen (secondary N) is 1. The molecule has 0 spiro atoms. The third kappa shape index (κ3) is 2.73. The van der Waals surface area contributed by atoms with Crippen molar-refractivity contribution in [3.8, 4) is 0 Å². The molecule has 0 saturated heterocycles. The number of hydrogen-bond acceptors (Lipinski definition) is 3. The second-order valence-electron chi connectivity index (χ2n) is 3.57. The summed E-state index contributed by atoms with van der Waals surface area (Å²) in [6.07, 6.45) is 0. The fraction of sp³-hybridized carbons (Fsp3) is 0.167. The first kappa shape index (κ1) is 12.3. The minimum absolute atomic E-state index is 0.168. The molecule has 1 amide bonds. The van der Waals surface area contributed by atoms with Gasteiger partial charge in [0.1, 0.15) is 5.69 Å². The van der Waals surface area contributed by atoms with Gasteiger partial charge in [-0.15, -0.1) is 11.3 Å². The minimum Gasteiger partial charge on any atom is -0.320 e. The molecule has 1 aromatic heterocycles. The van der Waals surface area contributed by atoms with E-state index in [1.54, 1.807) is 0 Å². The van der Waals surface area contributed by atoms with Crippen molar-refractivity contribution in [1.82, 2.24) is 4.98 Å². The molecule has 1 heterocycles. The maximum atomic E-state index is 12.0. The number of aryl methyl sites for hydroxylation is 2. The number of aromatic nitrogens is 1. The first-order valence-electron chi connectivity index (χ1n) is 5.08. The third-order valence-electron chi connectivity index (χ3n) is 2.24. The van der Waals surface area contributed by atoms with Crippen LogP contribution in [0.25, 0.3) is 0 Å². The van der Waals surface area contributed by atoms with E-state index in [0.717, 1.165) is 20.0 Å². The highest BCUT2D eigenvalue weighted by atomic mass is 79.9. The zero-order valence-corrected chi connectivity index (χ0v) is 11.9. The van der Waals surface area contributed by atoms with Crippen molar-refractivity contribution in [2.24, 2.45) is 0 Å². The van der Waals surface area contributed by atoms with Crippen molar-refractivity contribution in [2.45, 2.75) is 13.8 Å². The molecule has 1 aromatic carbocycles. The summed E-state index contributed by atoms with van der Waals surface area (Å²) in [5.74, 6) is -0.168. The Hall–Kier alpha value is -1.20. The van der Waals surface area contributed by atoms with E-state index in [1.165, 1.54) is 11.3 Å². The normalized spacial score (nSPS) is 10.3. The van der Waals surface area contributed by atoms with E-state index in [9.17, 15) is 4.79 Å². The maximum Gasteiger partial charge on any atom is 0.275 e. The number of rotatable bonds is 2. The lowest BCUT2D eigenvalue weighted by Gasteiger charge is -2.05. The van der Waals surface area contributed by atoms with Crippen LogP contribution in [0.5, 0.6) is 0 Å². The summed E-state index contributed by atoms with van der Waals surface area (Å²) in [5.41, 5.74) is 1.26. The Morgan fingerprint density at radius 1 is 1.35 bits per heavy atom. The van der Waals surface area contributed by atoms with Crippen LogP contribution in [0.4, 0.5) is 5.69 Å². The van der Waals surface area contributed by atoms with Gasteiger partial charge < -0.3 is 5.32 Å². The second-order valence-corrected chi connectivity index (χ2v) is 5.83. The van der Waals surface area contributed by atoms with Gasteiger partial charge in [-0.3, -0.25) is 4.79 Å². The van der Waals surface area contributed by atoms with Crippen molar-refractivity contribution < 1.29 is 4.79 Å². The third-order valence-corrected chi connectivity index (χ3v) is 3.82. The highest BCUT2D eigenvalue weighted by molar-refractivity contribution is 9.10. The molecule has 0 radical (unpaired) electrons. The number of hydrogen-bond donors (Lipinski definition) is 1. The van der Waals surface area contributed by atoms with Gasteiger partial charge >= 0.3 is 0 Å². The number of halogens is 1. The molecule has 0 unspecified atom stereocenters. The number of anilines is 1. The Balaban J connectivity index is 2.23. The van der Waals surface area contributed by atoms with Crippen molar-refractivity contribution in [3.63, 3.8) is 0 Å². The fourth-order valence-corrected chi connectivity index (χ4v) is 2.68. The first-order valence-corrected chi connectivity index (χ1v) is 6.69. The maximum absolute atomic E-state index is 12.0. The summed E-state index contributed by atoms with van der Waals surface area (Å²) in [5, 5.41) is 3.74. The second kappa shape index (κ2) is 4.98. The number of carbonyl (C=O) groups excluding carboxylic acids is 1. The zero-order valence-electron chi connectivity index (χ0n) is 9.45. The Morgan fingerprint density at radius 2 is 2.06 bits per heavy atom. The summed E-state index contributed by atoms with van der Waals surface area (Å²) < 4.78 is 0.859. The largest absolute Gasteiger partial charge is 0.320 e. The monoisotopic (exact) mass is 310 g/mol. The molecule has 17 heavy (non-hydrogen) atoms. The molecule has 88 valence electrons. The van der Waals surface area contributed by atoms with Gasteiger partial charge in [0.15, 0.2) is 0 Å².